The average molecular weight is 232 g/mol. The number of nitriles is 1. The molecule has 5 heteroatoms. The Balaban J connectivity index is 4.01. The highest BCUT2D eigenvalue weighted by atomic mass is 32.2. The molecule has 0 rings (SSSR count). The van der Waals surface area contributed by atoms with Crippen LogP contribution in [0.1, 0.15) is 26.7 Å². The Labute approximate surface area is 92.8 Å². The van der Waals surface area contributed by atoms with Gasteiger partial charge in [-0.25, -0.2) is 8.42 Å². The van der Waals surface area contributed by atoms with Crippen LogP contribution in [-0.2, 0) is 9.84 Å². The van der Waals surface area contributed by atoms with E-state index in [0.717, 1.165) is 0 Å². The van der Waals surface area contributed by atoms with Crippen molar-refractivity contribution in [2.24, 2.45) is 0 Å². The van der Waals surface area contributed by atoms with Gasteiger partial charge >= 0.3 is 0 Å². The summed E-state index contributed by atoms with van der Waals surface area (Å²) in [4.78, 5) is 1.91. The Morgan fingerprint density at radius 3 is 2.47 bits per heavy atom. The standard InChI is InChI=1S/C10H20N2O2S/c1-4-8-15(13,14)9-7-12(3)10(2)5-6-11/h10H,4-5,7-9H2,1-3H3. The molecule has 0 aliphatic rings. The van der Waals surface area contributed by atoms with E-state index in [1.54, 1.807) is 0 Å². The van der Waals surface area contributed by atoms with Crippen LogP contribution < -0.4 is 0 Å². The Kier molecular flexibility index (Phi) is 6.53. The monoisotopic (exact) mass is 232 g/mol. The quantitative estimate of drug-likeness (QED) is 0.658. The Bertz CT molecular complexity index is 306. The van der Waals surface area contributed by atoms with Crippen LogP contribution in [-0.4, -0.2) is 44.5 Å². The largest absolute Gasteiger partial charge is 0.302 e. The zero-order chi connectivity index (χ0) is 11.9. The summed E-state index contributed by atoms with van der Waals surface area (Å²) >= 11 is 0. The molecule has 0 heterocycles. The van der Waals surface area contributed by atoms with E-state index < -0.39 is 9.84 Å². The van der Waals surface area contributed by atoms with Gasteiger partial charge in [0.05, 0.1) is 18.2 Å². The smallest absolute Gasteiger partial charge is 0.151 e. The van der Waals surface area contributed by atoms with Gasteiger partial charge in [-0.15, -0.1) is 0 Å². The maximum absolute atomic E-state index is 11.4. The van der Waals surface area contributed by atoms with E-state index in [0.29, 0.717) is 19.4 Å². The van der Waals surface area contributed by atoms with Crippen LogP contribution in [0.5, 0.6) is 0 Å². The van der Waals surface area contributed by atoms with Crippen LogP contribution in [0.25, 0.3) is 0 Å². The Hall–Kier alpha value is -0.600. The first-order chi connectivity index (χ1) is 6.93. The van der Waals surface area contributed by atoms with Crippen molar-refractivity contribution < 1.29 is 8.42 Å². The minimum absolute atomic E-state index is 0.117. The molecule has 0 radical (unpaired) electrons. The van der Waals surface area contributed by atoms with Crippen LogP contribution in [0, 0.1) is 11.3 Å². The van der Waals surface area contributed by atoms with Crippen molar-refractivity contribution in [2.75, 3.05) is 25.1 Å². The zero-order valence-corrected chi connectivity index (χ0v) is 10.5. The third-order valence-electron chi connectivity index (χ3n) is 2.41. The third-order valence-corrected chi connectivity index (χ3v) is 4.24. The van der Waals surface area contributed by atoms with E-state index in [9.17, 15) is 8.42 Å². The molecule has 0 saturated carbocycles. The predicted octanol–water partition coefficient (Wildman–Crippen LogP) is 1.05. The first kappa shape index (κ1) is 14.4. The normalized spacial score (nSPS) is 13.8. The fourth-order valence-corrected chi connectivity index (χ4v) is 2.60. The lowest BCUT2D eigenvalue weighted by Gasteiger charge is -2.22. The van der Waals surface area contributed by atoms with Crippen molar-refractivity contribution in [3.05, 3.63) is 0 Å². The molecule has 1 unspecified atom stereocenters. The predicted molar refractivity (Wildman–Crippen MR) is 61.3 cm³/mol. The number of nitrogens with zero attached hydrogens (tertiary/aromatic N) is 2. The van der Waals surface area contributed by atoms with Crippen LogP contribution >= 0.6 is 0 Å². The number of sulfone groups is 1. The molecule has 4 nitrogen and oxygen atoms in total. The van der Waals surface area contributed by atoms with Gasteiger partial charge in [0.2, 0.25) is 0 Å². The lowest BCUT2D eigenvalue weighted by molar-refractivity contribution is 0.275. The third kappa shape index (κ3) is 6.47. The van der Waals surface area contributed by atoms with Gasteiger partial charge in [-0.05, 0) is 20.4 Å². The van der Waals surface area contributed by atoms with Crippen molar-refractivity contribution in [1.82, 2.24) is 4.90 Å². The molecule has 0 aromatic rings. The van der Waals surface area contributed by atoms with Crippen molar-refractivity contribution in [3.8, 4) is 6.07 Å². The van der Waals surface area contributed by atoms with E-state index in [4.69, 9.17) is 5.26 Å². The van der Waals surface area contributed by atoms with E-state index in [2.05, 4.69) is 6.07 Å². The Morgan fingerprint density at radius 1 is 1.40 bits per heavy atom. The molecule has 0 fully saturated rings. The fraction of sp³-hybridized carbons (Fsp3) is 0.900. The Morgan fingerprint density at radius 2 is 2.00 bits per heavy atom. The van der Waals surface area contributed by atoms with Gasteiger partial charge in [-0.1, -0.05) is 6.92 Å². The summed E-state index contributed by atoms with van der Waals surface area (Å²) in [5.41, 5.74) is 0. The van der Waals surface area contributed by atoms with Gasteiger partial charge in [0.15, 0.2) is 9.84 Å². The first-order valence-corrected chi connectivity index (χ1v) is 7.02. The van der Waals surface area contributed by atoms with E-state index >= 15 is 0 Å². The molecule has 0 aliphatic heterocycles. The molecule has 0 spiro atoms. The molecular weight excluding hydrogens is 212 g/mol. The highest BCUT2D eigenvalue weighted by Gasteiger charge is 2.13. The summed E-state index contributed by atoms with van der Waals surface area (Å²) < 4.78 is 22.8. The van der Waals surface area contributed by atoms with Crippen molar-refractivity contribution in [1.29, 1.82) is 5.26 Å². The number of hydrogen-bond donors (Lipinski definition) is 0. The highest BCUT2D eigenvalue weighted by Crippen LogP contribution is 2.01. The minimum Gasteiger partial charge on any atom is -0.302 e. The summed E-state index contributed by atoms with van der Waals surface area (Å²) in [6, 6.07) is 2.20. The molecule has 1 atom stereocenters. The van der Waals surface area contributed by atoms with Gasteiger partial charge in [0.25, 0.3) is 0 Å². The molecule has 0 aromatic carbocycles. The minimum atomic E-state index is -2.90. The SMILES string of the molecule is CCCS(=O)(=O)CCN(C)C(C)CC#N. The molecular formula is C10H20N2O2S. The number of rotatable bonds is 7. The highest BCUT2D eigenvalue weighted by molar-refractivity contribution is 7.91. The molecule has 88 valence electrons. The summed E-state index contributed by atoms with van der Waals surface area (Å²) in [6.45, 7) is 4.29. The van der Waals surface area contributed by atoms with E-state index in [-0.39, 0.29) is 17.5 Å². The van der Waals surface area contributed by atoms with Gasteiger partial charge in [-0.3, -0.25) is 0 Å². The topological polar surface area (TPSA) is 61.2 Å². The second-order valence-electron chi connectivity index (χ2n) is 3.84. The second kappa shape index (κ2) is 6.81. The van der Waals surface area contributed by atoms with Crippen LogP contribution in [0.4, 0.5) is 0 Å². The van der Waals surface area contributed by atoms with Crippen LogP contribution in [0.3, 0.4) is 0 Å². The van der Waals surface area contributed by atoms with Crippen LogP contribution in [0.2, 0.25) is 0 Å². The van der Waals surface area contributed by atoms with Crippen molar-refractivity contribution >= 4 is 9.84 Å². The fourth-order valence-electron chi connectivity index (χ4n) is 1.20. The second-order valence-corrected chi connectivity index (χ2v) is 6.15. The van der Waals surface area contributed by atoms with Gasteiger partial charge in [0, 0.05) is 18.3 Å². The summed E-state index contributed by atoms with van der Waals surface area (Å²) in [6.07, 6.45) is 1.10. The molecule has 0 aliphatic carbocycles. The number of hydrogen-bond acceptors (Lipinski definition) is 4. The molecule has 0 amide bonds. The maximum atomic E-state index is 11.4. The van der Waals surface area contributed by atoms with Gasteiger partial charge < -0.3 is 4.90 Å². The molecule has 0 aromatic heterocycles. The lowest BCUT2D eigenvalue weighted by Crippen LogP contribution is -2.33. The van der Waals surface area contributed by atoms with Crippen molar-refractivity contribution in [2.45, 2.75) is 32.7 Å². The molecule has 0 bridgehead atoms. The summed E-state index contributed by atoms with van der Waals surface area (Å²) in [5.74, 6) is 0.445. The average Bonchev–Trinajstić information content (AvgIpc) is 2.14. The summed E-state index contributed by atoms with van der Waals surface area (Å²) in [5, 5.41) is 8.50. The molecule has 0 N–H and O–H groups in total. The molecule has 15 heavy (non-hydrogen) atoms. The molecule has 0 saturated heterocycles. The van der Waals surface area contributed by atoms with Crippen LogP contribution in [0.15, 0.2) is 0 Å². The first-order valence-electron chi connectivity index (χ1n) is 5.20. The van der Waals surface area contributed by atoms with Crippen molar-refractivity contribution in [3.63, 3.8) is 0 Å². The van der Waals surface area contributed by atoms with Gasteiger partial charge in [0.1, 0.15) is 0 Å². The lowest BCUT2D eigenvalue weighted by atomic mass is 10.2. The zero-order valence-electron chi connectivity index (χ0n) is 9.73. The van der Waals surface area contributed by atoms with Gasteiger partial charge in [-0.2, -0.15) is 5.26 Å². The van der Waals surface area contributed by atoms with E-state index in [1.165, 1.54) is 0 Å². The maximum Gasteiger partial charge on any atom is 0.151 e. The summed E-state index contributed by atoms with van der Waals surface area (Å²) in [7, 11) is -1.05. The van der Waals surface area contributed by atoms with E-state index in [1.807, 2.05) is 25.8 Å².